The minimum atomic E-state index is -2.93. The van der Waals surface area contributed by atoms with Crippen molar-refractivity contribution in [1.82, 2.24) is 0 Å². The van der Waals surface area contributed by atoms with Gasteiger partial charge in [-0.3, -0.25) is 0 Å². The summed E-state index contributed by atoms with van der Waals surface area (Å²) in [4.78, 5) is 66.1. The monoisotopic (exact) mass is 414 g/mol. The van der Waals surface area contributed by atoms with Crippen LogP contribution in [0.25, 0.3) is 0 Å². The van der Waals surface area contributed by atoms with E-state index in [-0.39, 0.29) is 0 Å². The molecule has 0 bridgehead atoms. The van der Waals surface area contributed by atoms with Gasteiger partial charge in [0, 0.05) is 0 Å². The van der Waals surface area contributed by atoms with Crippen LogP contribution in [0.1, 0.15) is 0 Å². The topological polar surface area (TPSA) is 283 Å². The summed E-state index contributed by atoms with van der Waals surface area (Å²) in [6.07, 6.45) is -17.1. The highest BCUT2D eigenvalue weighted by Crippen LogP contribution is 2.11. The summed E-state index contributed by atoms with van der Waals surface area (Å²) in [7, 11) is 0. The van der Waals surface area contributed by atoms with Gasteiger partial charge in [-0.25, -0.2) is 28.8 Å². The van der Waals surface area contributed by atoms with E-state index in [2.05, 4.69) is 9.47 Å². The zero-order chi connectivity index (χ0) is 22.3. The van der Waals surface area contributed by atoms with E-state index < -0.39 is 72.4 Å². The minimum Gasteiger partial charge on any atom is -0.479 e. The Morgan fingerprint density at radius 3 is 0.893 bits per heavy atom. The number of carboxylic acids is 4. The first-order valence-electron chi connectivity index (χ1n) is 6.76. The van der Waals surface area contributed by atoms with Gasteiger partial charge < -0.3 is 50.3 Å². The maximum absolute atomic E-state index is 11.5. The standard InChI is InChI=1S/C12H14O16/c13-1(7(17)18)3(15)11(25)27-5(9(21)22)6(10(23)24)28-12(26)4(16)2(14)8(19)20/h1-6,13-16H,(H,17,18)(H,19,20)(H,21,22)(H,23,24). The number of rotatable bonds is 11. The van der Waals surface area contributed by atoms with Gasteiger partial charge >= 0.3 is 35.8 Å². The average molecular weight is 414 g/mol. The number of ether oxygens (including phenoxy) is 2. The average Bonchev–Trinajstić information content (AvgIpc) is 2.60. The van der Waals surface area contributed by atoms with Gasteiger partial charge in [-0.1, -0.05) is 0 Å². The van der Waals surface area contributed by atoms with Crippen LogP contribution in [0.15, 0.2) is 0 Å². The third-order valence-electron chi connectivity index (χ3n) is 2.84. The van der Waals surface area contributed by atoms with Crippen LogP contribution >= 0.6 is 0 Å². The van der Waals surface area contributed by atoms with Crippen LogP contribution in [-0.4, -0.2) is 113 Å². The van der Waals surface area contributed by atoms with E-state index in [1.54, 1.807) is 0 Å². The molecular formula is C12H14O16. The molecule has 0 amide bonds. The molecule has 0 fully saturated rings. The lowest BCUT2D eigenvalue weighted by atomic mass is 10.1. The number of aliphatic hydroxyl groups is 4. The van der Waals surface area contributed by atoms with Crippen molar-refractivity contribution in [2.75, 3.05) is 0 Å². The third-order valence-corrected chi connectivity index (χ3v) is 2.84. The molecule has 0 aromatic heterocycles. The predicted molar refractivity (Wildman–Crippen MR) is 74.3 cm³/mol. The second kappa shape index (κ2) is 10.1. The quantitative estimate of drug-likeness (QED) is 0.146. The van der Waals surface area contributed by atoms with Crippen LogP contribution in [-0.2, 0) is 38.2 Å². The van der Waals surface area contributed by atoms with Gasteiger partial charge in [-0.15, -0.1) is 0 Å². The van der Waals surface area contributed by atoms with Crippen molar-refractivity contribution < 1.29 is 79.1 Å². The molecule has 6 unspecified atom stereocenters. The lowest BCUT2D eigenvalue weighted by Crippen LogP contribution is -2.51. The van der Waals surface area contributed by atoms with E-state index in [1.807, 2.05) is 0 Å². The molecule has 0 aromatic carbocycles. The Balaban J connectivity index is 5.51. The van der Waals surface area contributed by atoms with E-state index in [0.29, 0.717) is 0 Å². The number of carbonyl (C=O) groups excluding carboxylic acids is 2. The Morgan fingerprint density at radius 1 is 0.464 bits per heavy atom. The molecule has 0 rings (SSSR count). The molecule has 0 aliphatic heterocycles. The van der Waals surface area contributed by atoms with E-state index >= 15 is 0 Å². The zero-order valence-corrected chi connectivity index (χ0v) is 13.3. The first-order valence-corrected chi connectivity index (χ1v) is 6.76. The van der Waals surface area contributed by atoms with E-state index in [4.69, 9.17) is 30.6 Å². The Bertz CT molecular complexity index is 598. The zero-order valence-electron chi connectivity index (χ0n) is 13.3. The SMILES string of the molecule is O=C(O)C(O)C(O)C(=O)OC(C(=O)O)C(OC(=O)C(O)C(O)C(=O)O)C(=O)O. The summed E-state index contributed by atoms with van der Waals surface area (Å²) in [5, 5.41) is 71.1. The van der Waals surface area contributed by atoms with Crippen molar-refractivity contribution >= 4 is 35.8 Å². The summed E-state index contributed by atoms with van der Waals surface area (Å²) in [5.41, 5.74) is 0. The molecule has 158 valence electrons. The van der Waals surface area contributed by atoms with Crippen molar-refractivity contribution in [1.29, 1.82) is 0 Å². The maximum Gasteiger partial charge on any atom is 0.349 e. The van der Waals surface area contributed by atoms with Crippen LogP contribution in [0.2, 0.25) is 0 Å². The summed E-state index contributed by atoms with van der Waals surface area (Å²) in [5.74, 6) is -13.1. The number of aliphatic hydroxyl groups excluding tert-OH is 4. The molecule has 0 aromatic rings. The Morgan fingerprint density at radius 2 is 0.714 bits per heavy atom. The van der Waals surface area contributed by atoms with Gasteiger partial charge in [-0.05, 0) is 0 Å². The molecule has 8 N–H and O–H groups in total. The fourth-order valence-electron chi connectivity index (χ4n) is 1.40. The summed E-state index contributed by atoms with van der Waals surface area (Å²) in [6.45, 7) is 0. The number of hydrogen-bond acceptors (Lipinski definition) is 12. The largest absolute Gasteiger partial charge is 0.479 e. The molecule has 0 radical (unpaired) electrons. The normalized spacial score (nSPS) is 17.1. The summed E-state index contributed by atoms with van der Waals surface area (Å²) >= 11 is 0. The highest BCUT2D eigenvalue weighted by atomic mass is 16.6. The Hall–Kier alpha value is -3.34. The highest BCUT2D eigenvalue weighted by molar-refractivity contribution is 5.91. The molecule has 0 spiro atoms. The van der Waals surface area contributed by atoms with Crippen LogP contribution < -0.4 is 0 Å². The minimum absolute atomic E-state index is 2.12. The van der Waals surface area contributed by atoms with Gasteiger partial charge in [0.25, 0.3) is 0 Å². The molecular weight excluding hydrogens is 400 g/mol. The van der Waals surface area contributed by atoms with Gasteiger partial charge in [0.2, 0.25) is 12.2 Å². The van der Waals surface area contributed by atoms with Gasteiger partial charge in [0.1, 0.15) is 0 Å². The van der Waals surface area contributed by atoms with Crippen molar-refractivity contribution in [3.8, 4) is 0 Å². The first kappa shape index (κ1) is 24.7. The molecule has 0 heterocycles. The van der Waals surface area contributed by atoms with Gasteiger partial charge in [0.05, 0.1) is 0 Å². The van der Waals surface area contributed by atoms with Crippen LogP contribution in [0.3, 0.4) is 0 Å². The van der Waals surface area contributed by atoms with Crippen LogP contribution in [0, 0.1) is 0 Å². The van der Waals surface area contributed by atoms with Crippen molar-refractivity contribution in [2.24, 2.45) is 0 Å². The predicted octanol–water partition coefficient (Wildman–Crippen LogP) is -5.41. The van der Waals surface area contributed by atoms with E-state index in [1.165, 1.54) is 0 Å². The number of carbonyl (C=O) groups is 6. The molecule has 0 aliphatic rings. The third kappa shape index (κ3) is 6.43. The number of hydrogen-bond donors (Lipinski definition) is 8. The molecule has 0 saturated carbocycles. The molecule has 0 saturated heterocycles. The molecule has 16 heteroatoms. The van der Waals surface area contributed by atoms with Crippen LogP contribution in [0.5, 0.6) is 0 Å². The summed E-state index contributed by atoms with van der Waals surface area (Å²) in [6, 6.07) is 0. The van der Waals surface area contributed by atoms with E-state index in [0.717, 1.165) is 0 Å². The second-order valence-corrected chi connectivity index (χ2v) is 4.85. The lowest BCUT2D eigenvalue weighted by Gasteiger charge is -2.23. The Kier molecular flexibility index (Phi) is 8.91. The Labute approximate surface area is 152 Å². The second-order valence-electron chi connectivity index (χ2n) is 4.85. The molecule has 28 heavy (non-hydrogen) atoms. The smallest absolute Gasteiger partial charge is 0.349 e. The van der Waals surface area contributed by atoms with Gasteiger partial charge in [-0.2, -0.15) is 0 Å². The lowest BCUT2D eigenvalue weighted by molar-refractivity contribution is -0.198. The van der Waals surface area contributed by atoms with Crippen LogP contribution in [0.4, 0.5) is 0 Å². The van der Waals surface area contributed by atoms with Crippen molar-refractivity contribution in [2.45, 2.75) is 36.6 Å². The van der Waals surface area contributed by atoms with Gasteiger partial charge in [0.15, 0.2) is 24.4 Å². The fraction of sp³-hybridized carbons (Fsp3) is 0.500. The number of esters is 2. The molecule has 0 aliphatic carbocycles. The number of carboxylic acid groups (broad SMARTS) is 4. The number of aliphatic carboxylic acids is 4. The fourth-order valence-corrected chi connectivity index (χ4v) is 1.40. The molecule has 6 atom stereocenters. The molecule has 16 nitrogen and oxygen atoms in total. The summed E-state index contributed by atoms with van der Waals surface area (Å²) < 4.78 is 8.05. The maximum atomic E-state index is 11.5. The van der Waals surface area contributed by atoms with E-state index in [9.17, 15) is 39.0 Å². The van der Waals surface area contributed by atoms with Crippen molar-refractivity contribution in [3.63, 3.8) is 0 Å². The van der Waals surface area contributed by atoms with Crippen molar-refractivity contribution in [3.05, 3.63) is 0 Å². The first-order chi connectivity index (χ1) is 12.7. The highest BCUT2D eigenvalue weighted by Gasteiger charge is 2.45.